The minimum Gasteiger partial charge on any atom is -0.507 e. The monoisotopic (exact) mass is 269 g/mol. The summed E-state index contributed by atoms with van der Waals surface area (Å²) in [6, 6.07) is 2.04. The number of hydrogen-bond acceptors (Lipinski definition) is 2. The zero-order chi connectivity index (χ0) is 11.2. The van der Waals surface area contributed by atoms with E-state index >= 15 is 0 Å². The highest BCUT2D eigenvalue weighted by molar-refractivity contribution is 9.10. The maximum atomic E-state index is 10.1. The Hall–Kier alpha value is -0.540. The van der Waals surface area contributed by atoms with Gasteiger partial charge >= 0.3 is 0 Å². The van der Waals surface area contributed by atoms with E-state index in [0.29, 0.717) is 5.75 Å². The molecule has 0 amide bonds. The summed E-state index contributed by atoms with van der Waals surface area (Å²) in [4.78, 5) is 0. The zero-order valence-corrected chi connectivity index (χ0v) is 10.7. The van der Waals surface area contributed by atoms with E-state index in [1.165, 1.54) is 0 Å². The first kappa shape index (κ1) is 11.0. The summed E-state index contributed by atoms with van der Waals surface area (Å²) in [6.45, 7) is 3.91. The Morgan fingerprint density at radius 2 is 2.00 bits per heavy atom. The maximum Gasteiger partial charge on any atom is 0.124 e. The van der Waals surface area contributed by atoms with Crippen LogP contribution >= 0.6 is 15.9 Å². The highest BCUT2D eigenvalue weighted by Crippen LogP contribution is 2.46. The SMILES string of the molecule is Cc1cc(Br)c(C)c(O)c1C1(N)CCC1. The standard InChI is InChI=1S/C12H16BrNO/c1-7-6-9(13)8(2)11(15)10(7)12(14)4-3-5-12/h6,15H,3-5,14H2,1-2H3. The predicted octanol–water partition coefficient (Wildman–Crippen LogP) is 3.11. The number of halogens is 1. The minimum absolute atomic E-state index is 0.292. The van der Waals surface area contributed by atoms with E-state index in [-0.39, 0.29) is 5.54 Å². The Labute approximate surface area is 98.6 Å². The first-order valence-corrected chi connectivity index (χ1v) is 6.03. The van der Waals surface area contributed by atoms with Crippen LogP contribution in [-0.2, 0) is 5.54 Å². The van der Waals surface area contributed by atoms with Crippen molar-refractivity contribution in [1.29, 1.82) is 0 Å². The van der Waals surface area contributed by atoms with Crippen LogP contribution in [0, 0.1) is 13.8 Å². The van der Waals surface area contributed by atoms with Crippen LogP contribution in [-0.4, -0.2) is 5.11 Å². The Balaban J connectivity index is 2.61. The molecule has 1 aliphatic carbocycles. The van der Waals surface area contributed by atoms with Crippen molar-refractivity contribution >= 4 is 15.9 Å². The van der Waals surface area contributed by atoms with E-state index in [1.54, 1.807) is 0 Å². The summed E-state index contributed by atoms with van der Waals surface area (Å²) in [5.74, 6) is 0.365. The van der Waals surface area contributed by atoms with Gasteiger partial charge in [-0.05, 0) is 44.7 Å². The number of phenolic OH excluding ortho intramolecular Hbond substituents is 1. The van der Waals surface area contributed by atoms with E-state index in [1.807, 2.05) is 19.9 Å². The van der Waals surface area contributed by atoms with Crippen molar-refractivity contribution in [2.75, 3.05) is 0 Å². The molecule has 82 valence electrons. The van der Waals surface area contributed by atoms with Crippen molar-refractivity contribution < 1.29 is 5.11 Å². The number of hydrogen-bond donors (Lipinski definition) is 2. The van der Waals surface area contributed by atoms with Crippen molar-refractivity contribution in [1.82, 2.24) is 0 Å². The van der Waals surface area contributed by atoms with Gasteiger partial charge < -0.3 is 10.8 Å². The third kappa shape index (κ3) is 1.58. The Morgan fingerprint density at radius 1 is 1.40 bits per heavy atom. The summed E-state index contributed by atoms with van der Waals surface area (Å²) >= 11 is 3.44. The first-order chi connectivity index (χ1) is 6.96. The number of rotatable bonds is 1. The molecule has 0 bridgehead atoms. The summed E-state index contributed by atoms with van der Waals surface area (Å²) < 4.78 is 0.948. The van der Waals surface area contributed by atoms with Gasteiger partial charge in [0.25, 0.3) is 0 Å². The second kappa shape index (κ2) is 3.49. The van der Waals surface area contributed by atoms with Gasteiger partial charge in [0.15, 0.2) is 0 Å². The van der Waals surface area contributed by atoms with Gasteiger partial charge in [-0.3, -0.25) is 0 Å². The molecule has 1 aliphatic rings. The van der Waals surface area contributed by atoms with Gasteiger partial charge in [0.2, 0.25) is 0 Å². The number of benzene rings is 1. The van der Waals surface area contributed by atoms with Gasteiger partial charge in [-0.1, -0.05) is 15.9 Å². The van der Waals surface area contributed by atoms with Crippen molar-refractivity contribution in [3.63, 3.8) is 0 Å². The third-order valence-corrected chi connectivity index (χ3v) is 4.26. The smallest absolute Gasteiger partial charge is 0.124 e. The molecule has 3 N–H and O–H groups in total. The van der Waals surface area contributed by atoms with E-state index < -0.39 is 0 Å². The molecule has 1 aromatic carbocycles. The van der Waals surface area contributed by atoms with Crippen LogP contribution < -0.4 is 5.73 Å². The molecule has 2 rings (SSSR count). The summed E-state index contributed by atoms with van der Waals surface area (Å²) in [5.41, 5.74) is 8.87. The van der Waals surface area contributed by atoms with E-state index in [0.717, 1.165) is 40.4 Å². The average molecular weight is 270 g/mol. The lowest BCUT2D eigenvalue weighted by atomic mass is 9.70. The second-order valence-corrected chi connectivity index (χ2v) is 5.39. The number of nitrogens with two attached hydrogens (primary N) is 1. The molecule has 1 saturated carbocycles. The molecule has 0 radical (unpaired) electrons. The van der Waals surface area contributed by atoms with Crippen LogP contribution in [0.15, 0.2) is 10.5 Å². The van der Waals surface area contributed by atoms with E-state index in [2.05, 4.69) is 15.9 Å². The van der Waals surface area contributed by atoms with E-state index in [4.69, 9.17) is 5.73 Å². The van der Waals surface area contributed by atoms with Crippen LogP contribution in [0.5, 0.6) is 5.75 Å². The first-order valence-electron chi connectivity index (χ1n) is 5.24. The normalized spacial score (nSPS) is 18.7. The number of aromatic hydroxyl groups is 1. The molecule has 1 fully saturated rings. The fraction of sp³-hybridized carbons (Fsp3) is 0.500. The molecule has 0 aliphatic heterocycles. The average Bonchev–Trinajstić information content (AvgIpc) is 2.11. The zero-order valence-electron chi connectivity index (χ0n) is 9.10. The van der Waals surface area contributed by atoms with Crippen LogP contribution in [0.25, 0.3) is 0 Å². The molecule has 3 heteroatoms. The van der Waals surface area contributed by atoms with Gasteiger partial charge in [0.1, 0.15) is 5.75 Å². The maximum absolute atomic E-state index is 10.1. The fourth-order valence-electron chi connectivity index (χ4n) is 2.29. The van der Waals surface area contributed by atoms with Gasteiger partial charge in [0.05, 0.1) is 0 Å². The molecule has 0 spiro atoms. The lowest BCUT2D eigenvalue weighted by Crippen LogP contribution is -2.44. The molecule has 0 unspecified atom stereocenters. The Kier molecular flexibility index (Phi) is 2.55. The third-order valence-electron chi connectivity index (χ3n) is 3.43. The van der Waals surface area contributed by atoms with Crippen molar-refractivity contribution in [3.05, 3.63) is 27.2 Å². The summed E-state index contributed by atoms with van der Waals surface area (Å²) in [6.07, 6.45) is 3.11. The van der Waals surface area contributed by atoms with Gasteiger partial charge in [0, 0.05) is 21.1 Å². The van der Waals surface area contributed by atoms with Crippen molar-refractivity contribution in [2.45, 2.75) is 38.6 Å². The van der Waals surface area contributed by atoms with Gasteiger partial charge in [-0.25, -0.2) is 0 Å². The number of aryl methyl sites for hydroxylation is 1. The molecule has 0 atom stereocenters. The van der Waals surface area contributed by atoms with E-state index in [9.17, 15) is 5.11 Å². The predicted molar refractivity (Wildman–Crippen MR) is 65.0 cm³/mol. The molecule has 15 heavy (non-hydrogen) atoms. The lowest BCUT2D eigenvalue weighted by molar-refractivity contribution is 0.244. The van der Waals surface area contributed by atoms with Gasteiger partial charge in [-0.2, -0.15) is 0 Å². The highest BCUT2D eigenvalue weighted by Gasteiger charge is 2.38. The molecule has 0 aromatic heterocycles. The molecule has 2 nitrogen and oxygen atoms in total. The quantitative estimate of drug-likeness (QED) is 0.823. The lowest BCUT2D eigenvalue weighted by Gasteiger charge is -2.40. The van der Waals surface area contributed by atoms with Crippen LogP contribution in [0.1, 0.15) is 36.0 Å². The highest BCUT2D eigenvalue weighted by atomic mass is 79.9. The minimum atomic E-state index is -0.292. The topological polar surface area (TPSA) is 46.2 Å². The molecular formula is C12H16BrNO. The molecule has 0 heterocycles. The summed E-state index contributed by atoms with van der Waals surface area (Å²) in [7, 11) is 0. The van der Waals surface area contributed by atoms with Crippen molar-refractivity contribution in [2.24, 2.45) is 5.73 Å². The van der Waals surface area contributed by atoms with Crippen LogP contribution in [0.3, 0.4) is 0 Å². The fourth-order valence-corrected chi connectivity index (χ4v) is 2.83. The summed E-state index contributed by atoms with van der Waals surface area (Å²) in [5, 5.41) is 10.1. The Morgan fingerprint density at radius 3 is 2.47 bits per heavy atom. The van der Waals surface area contributed by atoms with Crippen LogP contribution in [0.4, 0.5) is 0 Å². The largest absolute Gasteiger partial charge is 0.507 e. The molecule has 0 saturated heterocycles. The number of phenols is 1. The molecule has 1 aromatic rings. The van der Waals surface area contributed by atoms with Crippen molar-refractivity contribution in [3.8, 4) is 5.75 Å². The van der Waals surface area contributed by atoms with Gasteiger partial charge in [-0.15, -0.1) is 0 Å². The van der Waals surface area contributed by atoms with Crippen LogP contribution in [0.2, 0.25) is 0 Å². The molecular weight excluding hydrogens is 254 g/mol. The Bertz CT molecular complexity index is 411. The second-order valence-electron chi connectivity index (χ2n) is 4.53.